The molecule has 3 heteroatoms. The second kappa shape index (κ2) is 4.73. The molecule has 0 radical (unpaired) electrons. The number of hydrogen-bond donors (Lipinski definition) is 0. The Bertz CT molecular complexity index is 505. The zero-order chi connectivity index (χ0) is 12.5. The first-order valence-electron chi connectivity index (χ1n) is 6.81. The van der Waals surface area contributed by atoms with Crippen LogP contribution in [0.15, 0.2) is 35.6 Å². The van der Waals surface area contributed by atoms with Gasteiger partial charge in [-0.25, -0.2) is 0 Å². The third-order valence-electron chi connectivity index (χ3n) is 4.20. The van der Waals surface area contributed by atoms with E-state index in [9.17, 15) is 4.79 Å². The summed E-state index contributed by atoms with van der Waals surface area (Å²) in [6.07, 6.45) is 4.29. The van der Waals surface area contributed by atoms with Crippen LogP contribution in [-0.4, -0.2) is 29.1 Å². The zero-order valence-electron chi connectivity index (χ0n) is 10.7. The number of pyridine rings is 1. The molecule has 2 aliphatic heterocycles. The largest absolute Gasteiger partial charge is 0.312 e. The zero-order valence-corrected chi connectivity index (χ0v) is 10.7. The van der Waals surface area contributed by atoms with Crippen LogP contribution in [0.2, 0.25) is 0 Å². The van der Waals surface area contributed by atoms with Gasteiger partial charge >= 0.3 is 0 Å². The van der Waals surface area contributed by atoms with Crippen LogP contribution < -0.4 is 5.56 Å². The highest BCUT2D eigenvalue weighted by Crippen LogP contribution is 2.34. The molecular formula is C15H20N2O. The molecule has 0 unspecified atom stereocenters. The second-order valence-corrected chi connectivity index (χ2v) is 5.54. The summed E-state index contributed by atoms with van der Waals surface area (Å²) < 4.78 is 1.99. The summed E-state index contributed by atoms with van der Waals surface area (Å²) in [5.41, 5.74) is 1.41. The molecule has 2 aliphatic rings. The molecule has 1 aromatic heterocycles. The number of rotatable bonds is 3. The van der Waals surface area contributed by atoms with Gasteiger partial charge in [0, 0.05) is 43.9 Å². The minimum atomic E-state index is 0.168. The van der Waals surface area contributed by atoms with Crippen LogP contribution in [0.3, 0.4) is 0 Å². The van der Waals surface area contributed by atoms with Crippen LogP contribution in [0.1, 0.15) is 24.5 Å². The normalized spacial score (nSPS) is 26.7. The molecule has 0 spiro atoms. The van der Waals surface area contributed by atoms with Gasteiger partial charge in [-0.15, -0.1) is 6.58 Å². The van der Waals surface area contributed by atoms with E-state index in [1.165, 1.54) is 12.1 Å². The van der Waals surface area contributed by atoms with Crippen LogP contribution in [0.4, 0.5) is 0 Å². The Morgan fingerprint density at radius 2 is 2.22 bits per heavy atom. The van der Waals surface area contributed by atoms with Crippen LogP contribution in [-0.2, 0) is 6.54 Å². The van der Waals surface area contributed by atoms with Gasteiger partial charge in [0.15, 0.2) is 0 Å². The molecule has 2 bridgehead atoms. The number of hydrogen-bond acceptors (Lipinski definition) is 2. The molecule has 0 saturated carbocycles. The molecule has 1 fully saturated rings. The summed E-state index contributed by atoms with van der Waals surface area (Å²) in [7, 11) is 0. The maximum Gasteiger partial charge on any atom is 0.250 e. The number of likely N-dealkylation sites (tertiary alicyclic amines) is 1. The minimum absolute atomic E-state index is 0.168. The molecule has 2 atom stereocenters. The first-order valence-corrected chi connectivity index (χ1v) is 6.81. The molecule has 3 rings (SSSR count). The highest BCUT2D eigenvalue weighted by atomic mass is 16.1. The lowest BCUT2D eigenvalue weighted by Gasteiger charge is -2.42. The van der Waals surface area contributed by atoms with Crippen molar-refractivity contribution in [2.24, 2.45) is 5.92 Å². The number of aromatic nitrogens is 1. The summed E-state index contributed by atoms with van der Waals surface area (Å²) in [6.45, 7) is 8.02. The van der Waals surface area contributed by atoms with Crippen molar-refractivity contribution in [2.75, 3.05) is 19.6 Å². The molecule has 0 aliphatic carbocycles. The summed E-state index contributed by atoms with van der Waals surface area (Å²) in [4.78, 5) is 14.4. The topological polar surface area (TPSA) is 25.2 Å². The van der Waals surface area contributed by atoms with Crippen molar-refractivity contribution < 1.29 is 0 Å². The van der Waals surface area contributed by atoms with Gasteiger partial charge in [0.1, 0.15) is 0 Å². The smallest absolute Gasteiger partial charge is 0.250 e. The van der Waals surface area contributed by atoms with Gasteiger partial charge in [-0.3, -0.25) is 4.79 Å². The predicted molar refractivity (Wildman–Crippen MR) is 72.8 cm³/mol. The molecule has 3 heterocycles. The Balaban J connectivity index is 1.85. The van der Waals surface area contributed by atoms with E-state index in [0.717, 1.165) is 32.6 Å². The summed E-state index contributed by atoms with van der Waals surface area (Å²) in [5.74, 6) is 1.18. The van der Waals surface area contributed by atoms with Gasteiger partial charge in [0.25, 0.3) is 5.56 Å². The Morgan fingerprint density at radius 3 is 3.06 bits per heavy atom. The fourth-order valence-electron chi connectivity index (χ4n) is 3.45. The Hall–Kier alpha value is -1.35. The average Bonchev–Trinajstić information content (AvgIpc) is 2.38. The molecule has 96 valence electrons. The highest BCUT2D eigenvalue weighted by molar-refractivity contribution is 5.16. The van der Waals surface area contributed by atoms with Gasteiger partial charge < -0.3 is 9.47 Å². The fraction of sp³-hybridized carbons (Fsp3) is 0.533. The average molecular weight is 244 g/mol. The Kier molecular flexibility index (Phi) is 3.08. The van der Waals surface area contributed by atoms with Crippen LogP contribution in [0.5, 0.6) is 0 Å². The molecule has 1 aromatic rings. The van der Waals surface area contributed by atoms with Gasteiger partial charge in [-0.05, 0) is 24.8 Å². The van der Waals surface area contributed by atoms with Gasteiger partial charge in [-0.2, -0.15) is 0 Å². The maximum atomic E-state index is 11.9. The first kappa shape index (κ1) is 11.7. The fourth-order valence-corrected chi connectivity index (χ4v) is 3.45. The standard InChI is InChI=1S/C15H20N2O/c1-2-3-7-16-9-12-8-13(11-16)14-5-4-6-15(18)17(14)10-12/h2,4-6,12-13H,1,3,7-11H2/t12-,13-/m0/s1. The van der Waals surface area contributed by atoms with Crippen LogP contribution in [0.25, 0.3) is 0 Å². The van der Waals surface area contributed by atoms with Crippen molar-refractivity contribution in [3.05, 3.63) is 46.9 Å². The van der Waals surface area contributed by atoms with Gasteiger partial charge in [0.2, 0.25) is 0 Å². The van der Waals surface area contributed by atoms with E-state index >= 15 is 0 Å². The second-order valence-electron chi connectivity index (χ2n) is 5.54. The third-order valence-corrected chi connectivity index (χ3v) is 4.20. The van der Waals surface area contributed by atoms with Crippen molar-refractivity contribution in [3.63, 3.8) is 0 Å². The minimum Gasteiger partial charge on any atom is -0.312 e. The summed E-state index contributed by atoms with van der Waals surface area (Å²) in [5, 5.41) is 0. The first-order chi connectivity index (χ1) is 8.78. The monoisotopic (exact) mass is 244 g/mol. The van der Waals surface area contributed by atoms with E-state index < -0.39 is 0 Å². The van der Waals surface area contributed by atoms with Crippen molar-refractivity contribution >= 4 is 0 Å². The number of piperidine rings is 1. The van der Waals surface area contributed by atoms with E-state index in [2.05, 4.69) is 17.5 Å². The molecule has 18 heavy (non-hydrogen) atoms. The number of nitrogens with zero attached hydrogens (tertiary/aromatic N) is 2. The Morgan fingerprint density at radius 1 is 1.33 bits per heavy atom. The van der Waals surface area contributed by atoms with E-state index in [0.29, 0.717) is 11.8 Å². The molecule has 0 aromatic carbocycles. The van der Waals surface area contributed by atoms with Crippen LogP contribution in [0, 0.1) is 5.92 Å². The van der Waals surface area contributed by atoms with E-state index in [1.54, 1.807) is 6.07 Å². The van der Waals surface area contributed by atoms with Crippen molar-refractivity contribution in [1.82, 2.24) is 9.47 Å². The predicted octanol–water partition coefficient (Wildman–Crippen LogP) is 1.84. The van der Waals surface area contributed by atoms with Crippen molar-refractivity contribution in [2.45, 2.75) is 25.3 Å². The molecule has 3 nitrogen and oxygen atoms in total. The highest BCUT2D eigenvalue weighted by Gasteiger charge is 2.33. The maximum absolute atomic E-state index is 11.9. The summed E-state index contributed by atoms with van der Waals surface area (Å²) >= 11 is 0. The lowest BCUT2D eigenvalue weighted by molar-refractivity contribution is 0.122. The number of fused-ring (bicyclic) bond motifs is 4. The quantitative estimate of drug-likeness (QED) is 0.758. The SMILES string of the molecule is C=CCCN1C[C@@H]2C[C@@H](C1)c1cccc(=O)n1C2. The molecule has 0 N–H and O–H groups in total. The van der Waals surface area contributed by atoms with E-state index in [4.69, 9.17) is 0 Å². The van der Waals surface area contributed by atoms with Crippen LogP contribution >= 0.6 is 0 Å². The molecule has 1 saturated heterocycles. The van der Waals surface area contributed by atoms with Gasteiger partial charge in [0.05, 0.1) is 0 Å². The van der Waals surface area contributed by atoms with Crippen molar-refractivity contribution in [1.29, 1.82) is 0 Å². The lowest BCUT2D eigenvalue weighted by atomic mass is 9.83. The molecular weight excluding hydrogens is 224 g/mol. The van der Waals surface area contributed by atoms with Gasteiger partial charge in [-0.1, -0.05) is 12.1 Å². The Labute approximate surface area is 108 Å². The lowest BCUT2D eigenvalue weighted by Crippen LogP contribution is -2.47. The third kappa shape index (κ3) is 2.03. The van der Waals surface area contributed by atoms with E-state index in [-0.39, 0.29) is 5.56 Å². The van der Waals surface area contributed by atoms with Crippen molar-refractivity contribution in [3.8, 4) is 0 Å². The molecule has 0 amide bonds. The van der Waals surface area contributed by atoms with E-state index in [1.807, 2.05) is 16.7 Å². The summed E-state index contributed by atoms with van der Waals surface area (Å²) in [6, 6.07) is 5.70.